The lowest BCUT2D eigenvalue weighted by molar-refractivity contribution is -0.137. The minimum Gasteiger partial charge on any atom is -0.488 e. The fourth-order valence-corrected chi connectivity index (χ4v) is 5.98. The van der Waals surface area contributed by atoms with E-state index < -0.39 is 45.8 Å². The summed E-state index contributed by atoms with van der Waals surface area (Å²) in [6, 6.07) is 13.4. The topological polar surface area (TPSA) is 128 Å². The molecule has 1 heterocycles. The van der Waals surface area contributed by atoms with E-state index in [4.69, 9.17) is 4.74 Å². The van der Waals surface area contributed by atoms with E-state index in [1.807, 2.05) is 13.8 Å². The molecule has 3 amide bonds. The summed E-state index contributed by atoms with van der Waals surface area (Å²) in [5.74, 6) is -0.662. The molecular formula is C31H35F3N4O6S. The van der Waals surface area contributed by atoms with Crippen LogP contribution in [0, 0.1) is 12.8 Å². The molecule has 3 N–H and O–H groups in total. The van der Waals surface area contributed by atoms with Crippen molar-refractivity contribution in [3.63, 3.8) is 0 Å². The third-order valence-corrected chi connectivity index (χ3v) is 9.40. The first-order valence-corrected chi connectivity index (χ1v) is 15.5. The Bertz CT molecular complexity index is 1630. The number of nitrogens with one attached hydrogen (secondary N) is 2. The van der Waals surface area contributed by atoms with E-state index in [0.717, 1.165) is 29.8 Å². The maximum atomic E-state index is 13.7. The van der Waals surface area contributed by atoms with Crippen LogP contribution in [0.5, 0.6) is 5.75 Å². The molecule has 0 aromatic heterocycles. The molecule has 3 aromatic carbocycles. The Balaban J connectivity index is 1.58. The number of nitrogens with zero attached hydrogens (tertiary/aromatic N) is 2. The van der Waals surface area contributed by atoms with Gasteiger partial charge in [0, 0.05) is 30.9 Å². The molecule has 0 radical (unpaired) electrons. The normalized spacial score (nSPS) is 18.0. The van der Waals surface area contributed by atoms with E-state index in [9.17, 15) is 36.3 Å². The van der Waals surface area contributed by atoms with E-state index in [0.29, 0.717) is 0 Å². The van der Waals surface area contributed by atoms with Gasteiger partial charge in [-0.1, -0.05) is 24.6 Å². The van der Waals surface area contributed by atoms with Crippen LogP contribution in [0.15, 0.2) is 71.6 Å². The molecule has 1 aliphatic rings. The first kappa shape index (κ1) is 33.7. The maximum Gasteiger partial charge on any atom is 0.416 e. The number of anilines is 2. The first-order chi connectivity index (χ1) is 21.1. The second kappa shape index (κ2) is 13.5. The third kappa shape index (κ3) is 7.93. The van der Waals surface area contributed by atoms with E-state index in [1.54, 1.807) is 19.1 Å². The summed E-state index contributed by atoms with van der Waals surface area (Å²) in [7, 11) is -2.40. The highest BCUT2D eigenvalue weighted by atomic mass is 32.2. The number of fused-ring (bicyclic) bond motifs is 1. The van der Waals surface area contributed by atoms with Gasteiger partial charge in [-0.3, -0.25) is 4.79 Å². The van der Waals surface area contributed by atoms with Crippen LogP contribution in [-0.2, 0) is 16.2 Å². The van der Waals surface area contributed by atoms with E-state index in [1.165, 1.54) is 46.6 Å². The van der Waals surface area contributed by atoms with Gasteiger partial charge in [-0.15, -0.1) is 0 Å². The zero-order valence-corrected chi connectivity index (χ0v) is 25.9. The van der Waals surface area contributed by atoms with Crippen molar-refractivity contribution in [2.24, 2.45) is 5.92 Å². The molecule has 14 heteroatoms. The number of hydrogen-bond acceptors (Lipinski definition) is 6. The van der Waals surface area contributed by atoms with Crippen LogP contribution < -0.4 is 15.4 Å². The van der Waals surface area contributed by atoms with Crippen LogP contribution in [0.1, 0.15) is 35.3 Å². The molecule has 0 bridgehead atoms. The molecule has 10 nitrogen and oxygen atoms in total. The molecule has 1 aliphatic heterocycles. The Morgan fingerprint density at radius 2 is 1.67 bits per heavy atom. The molecule has 3 atom stereocenters. The summed E-state index contributed by atoms with van der Waals surface area (Å²) >= 11 is 0. The van der Waals surface area contributed by atoms with Crippen molar-refractivity contribution in [3.8, 4) is 5.75 Å². The number of halogens is 3. The fourth-order valence-electron chi connectivity index (χ4n) is 4.80. The number of hydrogen-bond donors (Lipinski definition) is 3. The molecule has 0 unspecified atom stereocenters. The number of aliphatic hydroxyl groups excluding tert-OH is 1. The predicted octanol–water partition coefficient (Wildman–Crippen LogP) is 5.20. The number of sulfonamides is 1. The average Bonchev–Trinajstić information content (AvgIpc) is 2.98. The zero-order chi connectivity index (χ0) is 33.1. The second-order valence-corrected chi connectivity index (χ2v) is 13.1. The largest absolute Gasteiger partial charge is 0.488 e. The molecule has 0 fully saturated rings. The molecule has 242 valence electrons. The zero-order valence-electron chi connectivity index (χ0n) is 25.1. The summed E-state index contributed by atoms with van der Waals surface area (Å²) in [6.07, 6.45) is -5.21. The van der Waals surface area contributed by atoms with Gasteiger partial charge in [0.25, 0.3) is 5.91 Å². The number of alkyl halides is 3. The Kier molecular flexibility index (Phi) is 10.1. The van der Waals surface area contributed by atoms with Gasteiger partial charge in [0.15, 0.2) is 0 Å². The molecule has 4 rings (SSSR count). The quantitative estimate of drug-likeness (QED) is 0.308. The molecule has 0 spiro atoms. The highest BCUT2D eigenvalue weighted by Crippen LogP contribution is 2.32. The minimum atomic E-state index is -4.51. The van der Waals surface area contributed by atoms with Gasteiger partial charge < -0.3 is 25.4 Å². The monoisotopic (exact) mass is 648 g/mol. The SMILES string of the molecule is Cc1ccc(S(=O)(=O)N(C)C[C@H]2Oc3ccc(NC(=O)Nc4ccc(C(F)(F)F)cc4)cc3C(=O)N([C@@H](C)CO)C[C@H]2C)cc1. The number of carbonyl (C=O) groups excluding carboxylic acids is 2. The van der Waals surface area contributed by atoms with Gasteiger partial charge in [0.05, 0.1) is 35.2 Å². The van der Waals surface area contributed by atoms with Gasteiger partial charge >= 0.3 is 12.2 Å². The molecule has 0 aliphatic carbocycles. The lowest BCUT2D eigenvalue weighted by Crippen LogP contribution is -2.50. The van der Waals surface area contributed by atoms with Gasteiger partial charge in [0.2, 0.25) is 10.0 Å². The minimum absolute atomic E-state index is 0.0398. The Hall–Kier alpha value is -4.14. The van der Waals surface area contributed by atoms with Crippen LogP contribution in [0.3, 0.4) is 0 Å². The number of likely N-dealkylation sites (N-methyl/N-ethyl adjacent to an activating group) is 1. The number of urea groups is 1. The van der Waals surface area contributed by atoms with Gasteiger partial charge in [-0.05, 0) is 68.4 Å². The summed E-state index contributed by atoms with van der Waals surface area (Å²) < 4.78 is 72.6. The van der Waals surface area contributed by atoms with Gasteiger partial charge in [-0.25, -0.2) is 13.2 Å². The highest BCUT2D eigenvalue weighted by molar-refractivity contribution is 7.89. The molecule has 0 saturated heterocycles. The van der Waals surface area contributed by atoms with Crippen LogP contribution in [0.25, 0.3) is 0 Å². The Morgan fingerprint density at radius 3 is 2.27 bits per heavy atom. The van der Waals surface area contributed by atoms with Crippen molar-refractivity contribution in [1.82, 2.24) is 9.21 Å². The van der Waals surface area contributed by atoms with Crippen molar-refractivity contribution in [1.29, 1.82) is 0 Å². The molecular weight excluding hydrogens is 613 g/mol. The van der Waals surface area contributed by atoms with Crippen molar-refractivity contribution >= 4 is 33.3 Å². The summed E-state index contributed by atoms with van der Waals surface area (Å²) in [4.78, 5) is 27.9. The van der Waals surface area contributed by atoms with Crippen molar-refractivity contribution in [2.75, 3.05) is 37.4 Å². The Morgan fingerprint density at radius 1 is 1.07 bits per heavy atom. The van der Waals surface area contributed by atoms with Crippen LogP contribution in [0.2, 0.25) is 0 Å². The second-order valence-electron chi connectivity index (χ2n) is 11.1. The first-order valence-electron chi connectivity index (χ1n) is 14.1. The van der Waals surface area contributed by atoms with Crippen molar-refractivity contribution in [2.45, 2.75) is 44.0 Å². The van der Waals surface area contributed by atoms with E-state index in [-0.39, 0.29) is 53.2 Å². The number of aryl methyl sites for hydroxylation is 1. The number of benzene rings is 3. The molecule has 0 saturated carbocycles. The smallest absolute Gasteiger partial charge is 0.416 e. The number of ether oxygens (including phenoxy) is 1. The lowest BCUT2D eigenvalue weighted by atomic mass is 9.99. The summed E-state index contributed by atoms with van der Waals surface area (Å²) in [5.41, 5.74) is 0.441. The average molecular weight is 649 g/mol. The molecule has 45 heavy (non-hydrogen) atoms. The number of carbonyl (C=O) groups is 2. The van der Waals surface area contributed by atoms with Crippen molar-refractivity contribution < 1.29 is 41.0 Å². The predicted molar refractivity (Wildman–Crippen MR) is 163 cm³/mol. The summed E-state index contributed by atoms with van der Waals surface area (Å²) in [6.45, 7) is 5.14. The third-order valence-electron chi connectivity index (χ3n) is 7.56. The van der Waals surface area contributed by atoms with Crippen LogP contribution in [0.4, 0.5) is 29.3 Å². The fraction of sp³-hybridized carbons (Fsp3) is 0.355. The van der Waals surface area contributed by atoms with Crippen molar-refractivity contribution in [3.05, 3.63) is 83.4 Å². The van der Waals surface area contributed by atoms with Crippen LogP contribution in [-0.4, -0.2) is 73.6 Å². The van der Waals surface area contributed by atoms with Crippen LogP contribution >= 0.6 is 0 Å². The van der Waals surface area contributed by atoms with Gasteiger partial charge in [0.1, 0.15) is 11.9 Å². The highest BCUT2D eigenvalue weighted by Gasteiger charge is 2.35. The number of rotatable bonds is 8. The number of amides is 3. The molecule has 3 aromatic rings. The van der Waals surface area contributed by atoms with E-state index in [2.05, 4.69) is 10.6 Å². The van der Waals surface area contributed by atoms with Gasteiger partial charge in [-0.2, -0.15) is 17.5 Å². The summed E-state index contributed by atoms with van der Waals surface area (Å²) in [5, 5.41) is 14.9. The number of aliphatic hydroxyl groups is 1. The Labute approximate surface area is 259 Å². The lowest BCUT2D eigenvalue weighted by Gasteiger charge is -2.38. The van der Waals surface area contributed by atoms with E-state index >= 15 is 0 Å². The standard InChI is InChI=1S/C31H35F3N4O6S/c1-19-5-12-25(13-6-19)45(42,43)37(4)17-28-20(2)16-38(21(3)18-39)29(40)26-15-24(11-14-27(26)44-28)36-30(41)35-23-9-7-22(8-10-23)31(32,33)34/h5-15,20-21,28,39H,16-18H2,1-4H3,(H2,35,36,41)/t20-,21+,28-/m1/s1. The maximum absolute atomic E-state index is 13.7.